The topological polar surface area (TPSA) is 35.6 Å². The number of thiophene rings is 1. The minimum absolute atomic E-state index is 0.646. The van der Waals surface area contributed by atoms with Crippen LogP contribution in [-0.2, 0) is 0 Å². The number of hydrogen-bond acceptors (Lipinski definition) is 3. The highest BCUT2D eigenvalue weighted by atomic mass is 32.1. The molecule has 11 rings (SSSR count). The summed E-state index contributed by atoms with van der Waals surface area (Å²) in [4.78, 5) is 10.8. The van der Waals surface area contributed by atoms with Gasteiger partial charge in [0.15, 0.2) is 0 Å². The van der Waals surface area contributed by atoms with E-state index < -0.39 is 0 Å². The van der Waals surface area contributed by atoms with Gasteiger partial charge < -0.3 is 4.57 Å². The van der Waals surface area contributed by atoms with E-state index in [9.17, 15) is 0 Å². The highest BCUT2D eigenvalue weighted by molar-refractivity contribution is 7.27. The molecule has 5 heteroatoms. The first-order chi connectivity index (χ1) is 25.3. The molecule has 238 valence electrons. The largest absolute Gasteiger partial charge is 0.307 e. The van der Waals surface area contributed by atoms with Crippen LogP contribution in [0.2, 0.25) is 0 Å². The van der Waals surface area contributed by atoms with E-state index in [1.807, 2.05) is 23.5 Å². The van der Waals surface area contributed by atoms with Crippen molar-refractivity contribution in [3.8, 4) is 34.2 Å². The smallest absolute Gasteiger partial charge is 0.235 e. The number of rotatable bonds is 4. The van der Waals surface area contributed by atoms with E-state index in [1.165, 1.54) is 47.2 Å². The van der Waals surface area contributed by atoms with E-state index in [2.05, 4.69) is 167 Å². The molecule has 0 saturated heterocycles. The Morgan fingerprint density at radius 1 is 0.412 bits per heavy atom. The Hall–Kier alpha value is -6.56. The Kier molecular flexibility index (Phi) is 6.09. The van der Waals surface area contributed by atoms with Crippen LogP contribution < -0.4 is 0 Å². The summed E-state index contributed by atoms with van der Waals surface area (Å²) < 4.78 is 7.34. The van der Waals surface area contributed by atoms with Crippen molar-refractivity contribution in [3.63, 3.8) is 0 Å². The van der Waals surface area contributed by atoms with Crippen molar-refractivity contribution in [3.05, 3.63) is 170 Å². The van der Waals surface area contributed by atoms with Gasteiger partial charge in [-0.25, -0.2) is 9.97 Å². The van der Waals surface area contributed by atoms with E-state index in [0.29, 0.717) is 5.95 Å². The van der Waals surface area contributed by atoms with Crippen molar-refractivity contribution in [2.24, 2.45) is 0 Å². The molecule has 51 heavy (non-hydrogen) atoms. The standard InChI is InChI=1S/C46H28N4S/c1-4-16-29(17-5-1)35-28-36(30-18-6-2-7-19-30)48-46(47-35)50-38-26-14-11-23-33(38)42-44(50)43-40(41-34-24-12-15-27-39(34)51-45(41)42)32-22-10-13-25-37(32)49(43)31-20-8-3-9-21-31/h1-28H. The monoisotopic (exact) mass is 668 g/mol. The molecule has 4 heterocycles. The number of benzene rings is 7. The second-order valence-corrected chi connectivity index (χ2v) is 14.0. The Morgan fingerprint density at radius 2 is 0.902 bits per heavy atom. The third-order valence-corrected chi connectivity index (χ3v) is 11.3. The summed E-state index contributed by atoms with van der Waals surface area (Å²) in [7, 11) is 0. The lowest BCUT2D eigenvalue weighted by Gasteiger charge is -2.14. The van der Waals surface area contributed by atoms with Gasteiger partial charge in [0.1, 0.15) is 0 Å². The lowest BCUT2D eigenvalue weighted by atomic mass is 10.0. The molecule has 0 bridgehead atoms. The van der Waals surface area contributed by atoms with Gasteiger partial charge in [-0.3, -0.25) is 4.57 Å². The first-order valence-electron chi connectivity index (χ1n) is 17.2. The summed E-state index contributed by atoms with van der Waals surface area (Å²) in [5, 5.41) is 7.48. The molecule has 4 nitrogen and oxygen atoms in total. The van der Waals surface area contributed by atoms with Gasteiger partial charge in [-0.15, -0.1) is 11.3 Å². The summed E-state index contributed by atoms with van der Waals surface area (Å²) >= 11 is 1.88. The van der Waals surface area contributed by atoms with Crippen LogP contribution in [0.3, 0.4) is 0 Å². The SMILES string of the molecule is c1ccc(-c2cc(-c3ccccc3)nc(-n3c4ccccc4c4c5sc6ccccc6c5c5c6ccccc6n(-c6ccccc6)c5c43)n2)cc1. The van der Waals surface area contributed by atoms with E-state index >= 15 is 0 Å². The van der Waals surface area contributed by atoms with Crippen LogP contribution in [0.15, 0.2) is 170 Å². The second-order valence-electron chi connectivity index (χ2n) is 13.0. The van der Waals surface area contributed by atoms with E-state index in [0.717, 1.165) is 44.8 Å². The van der Waals surface area contributed by atoms with Crippen LogP contribution in [0.4, 0.5) is 0 Å². The molecule has 7 aromatic carbocycles. The molecular formula is C46H28N4S. The summed E-state index contributed by atoms with van der Waals surface area (Å²) in [5.74, 6) is 0.646. The van der Waals surface area contributed by atoms with Crippen LogP contribution in [0.5, 0.6) is 0 Å². The fraction of sp³-hybridized carbons (Fsp3) is 0. The third-order valence-electron chi connectivity index (χ3n) is 10.1. The highest BCUT2D eigenvalue weighted by Gasteiger charge is 2.27. The van der Waals surface area contributed by atoms with Gasteiger partial charge in [0, 0.05) is 58.5 Å². The first-order valence-corrected chi connectivity index (χ1v) is 18.0. The van der Waals surface area contributed by atoms with Crippen molar-refractivity contribution in [2.75, 3.05) is 0 Å². The zero-order valence-electron chi connectivity index (χ0n) is 27.4. The molecule has 0 unspecified atom stereocenters. The number of nitrogens with zero attached hydrogens (tertiary/aromatic N) is 4. The Labute approximate surface area is 297 Å². The Morgan fingerprint density at radius 3 is 1.55 bits per heavy atom. The van der Waals surface area contributed by atoms with Gasteiger partial charge in [0.25, 0.3) is 0 Å². The molecule has 11 aromatic rings. The van der Waals surface area contributed by atoms with Crippen LogP contribution in [0, 0.1) is 0 Å². The number of fused-ring (bicyclic) bond motifs is 12. The van der Waals surface area contributed by atoms with Crippen LogP contribution in [0.25, 0.3) is 97.9 Å². The molecule has 4 aromatic heterocycles. The molecule has 0 spiro atoms. The van der Waals surface area contributed by atoms with E-state index in [-0.39, 0.29) is 0 Å². The normalized spacial score (nSPS) is 11.9. The summed E-state index contributed by atoms with van der Waals surface area (Å²) in [5.41, 5.74) is 9.49. The molecule has 0 radical (unpaired) electrons. The van der Waals surface area contributed by atoms with Gasteiger partial charge in [-0.05, 0) is 36.4 Å². The van der Waals surface area contributed by atoms with Crippen LogP contribution >= 0.6 is 11.3 Å². The first kappa shape index (κ1) is 28.3. The molecule has 0 fully saturated rings. The Bertz CT molecular complexity index is 3060. The second kappa shape index (κ2) is 11.0. The maximum atomic E-state index is 5.40. The fourth-order valence-electron chi connectivity index (χ4n) is 7.98. The zero-order valence-corrected chi connectivity index (χ0v) is 28.2. The van der Waals surface area contributed by atoms with E-state index in [4.69, 9.17) is 9.97 Å². The van der Waals surface area contributed by atoms with E-state index in [1.54, 1.807) is 0 Å². The van der Waals surface area contributed by atoms with Crippen molar-refractivity contribution in [2.45, 2.75) is 0 Å². The van der Waals surface area contributed by atoms with Gasteiger partial charge in [-0.2, -0.15) is 0 Å². The minimum atomic E-state index is 0.646. The van der Waals surface area contributed by atoms with Crippen molar-refractivity contribution < 1.29 is 0 Å². The summed E-state index contributed by atoms with van der Waals surface area (Å²) in [6.45, 7) is 0. The molecule has 0 N–H and O–H groups in total. The Balaban J connectivity index is 1.42. The van der Waals surface area contributed by atoms with Crippen molar-refractivity contribution in [1.82, 2.24) is 19.1 Å². The zero-order chi connectivity index (χ0) is 33.5. The lowest BCUT2D eigenvalue weighted by molar-refractivity contribution is 0.995. The van der Waals surface area contributed by atoms with Crippen LogP contribution in [0.1, 0.15) is 0 Å². The quantitative estimate of drug-likeness (QED) is 0.187. The maximum absolute atomic E-state index is 5.40. The van der Waals surface area contributed by atoms with Gasteiger partial charge >= 0.3 is 0 Å². The molecule has 0 aliphatic heterocycles. The molecule has 0 aliphatic carbocycles. The highest BCUT2D eigenvalue weighted by Crippen LogP contribution is 2.51. The number of hydrogen-bond donors (Lipinski definition) is 0. The average Bonchev–Trinajstić information content (AvgIpc) is 3.87. The molecular weight excluding hydrogens is 641 g/mol. The van der Waals surface area contributed by atoms with Crippen molar-refractivity contribution >= 4 is 75.1 Å². The van der Waals surface area contributed by atoms with Gasteiger partial charge in [0.05, 0.1) is 33.5 Å². The molecule has 0 aliphatic rings. The number of para-hydroxylation sites is 3. The van der Waals surface area contributed by atoms with Crippen LogP contribution in [-0.4, -0.2) is 19.1 Å². The predicted octanol–water partition coefficient (Wildman–Crippen LogP) is 12.4. The number of aromatic nitrogens is 4. The molecule has 0 saturated carbocycles. The van der Waals surface area contributed by atoms with Crippen molar-refractivity contribution in [1.29, 1.82) is 0 Å². The molecule has 0 atom stereocenters. The fourth-order valence-corrected chi connectivity index (χ4v) is 9.25. The van der Waals surface area contributed by atoms with Gasteiger partial charge in [-0.1, -0.05) is 133 Å². The third kappa shape index (κ3) is 4.13. The molecule has 0 amide bonds. The lowest BCUT2D eigenvalue weighted by Crippen LogP contribution is -2.05. The average molecular weight is 669 g/mol. The minimum Gasteiger partial charge on any atom is -0.307 e. The maximum Gasteiger partial charge on any atom is 0.235 e. The predicted molar refractivity (Wildman–Crippen MR) is 214 cm³/mol. The summed E-state index contributed by atoms with van der Waals surface area (Å²) in [6.07, 6.45) is 0. The van der Waals surface area contributed by atoms with Gasteiger partial charge in [0.2, 0.25) is 5.95 Å². The summed E-state index contributed by atoms with van der Waals surface area (Å²) in [6, 6.07) is 60.2.